The third-order valence-corrected chi connectivity index (χ3v) is 7.91. The summed E-state index contributed by atoms with van der Waals surface area (Å²) in [4.78, 5) is 11.5. The fraction of sp³-hybridized carbons (Fsp3) is 0.917. The third-order valence-electron chi connectivity index (χ3n) is 4.72. The predicted octanol–water partition coefficient (Wildman–Crippen LogP) is -0.558. The summed E-state index contributed by atoms with van der Waals surface area (Å²) in [7, 11) is -7.09. The highest BCUT2D eigenvalue weighted by atomic mass is 32.2. The lowest BCUT2D eigenvalue weighted by Crippen LogP contribution is -2.40. The second-order valence-corrected chi connectivity index (χ2v) is 10.1. The van der Waals surface area contributed by atoms with Gasteiger partial charge in [0, 0.05) is 19.6 Å². The van der Waals surface area contributed by atoms with Crippen molar-refractivity contribution in [3.05, 3.63) is 0 Å². The Labute approximate surface area is 131 Å². The van der Waals surface area contributed by atoms with Gasteiger partial charge in [-0.1, -0.05) is 6.42 Å². The minimum atomic E-state index is -3.66. The van der Waals surface area contributed by atoms with Crippen LogP contribution >= 0.6 is 0 Å². The minimum absolute atomic E-state index is 0.00411. The Bertz CT molecular complexity index is 645. The van der Waals surface area contributed by atoms with Crippen molar-refractivity contribution in [1.82, 2.24) is 9.03 Å². The molecule has 128 valence electrons. The van der Waals surface area contributed by atoms with Crippen molar-refractivity contribution >= 4 is 26.0 Å². The number of carboxylic acids is 1. The Hall–Kier alpha value is -0.710. The van der Waals surface area contributed by atoms with Crippen molar-refractivity contribution in [2.75, 3.05) is 31.1 Å². The number of nitrogens with one attached hydrogen (secondary N) is 1. The second kappa shape index (κ2) is 6.06. The first-order valence-electron chi connectivity index (χ1n) is 7.31. The Kier molecular flexibility index (Phi) is 4.86. The van der Waals surface area contributed by atoms with Crippen LogP contribution < -0.4 is 4.72 Å². The summed E-state index contributed by atoms with van der Waals surface area (Å²) in [6.07, 6.45) is 2.03. The van der Waals surface area contributed by atoms with Gasteiger partial charge in [-0.05, 0) is 25.7 Å². The molecule has 0 aromatic rings. The first-order valence-corrected chi connectivity index (χ1v) is 10.6. The van der Waals surface area contributed by atoms with Crippen molar-refractivity contribution < 1.29 is 26.7 Å². The predicted molar refractivity (Wildman–Crippen MR) is 80.2 cm³/mol. The number of carboxylic acid groups (broad SMARTS) is 1. The highest BCUT2D eigenvalue weighted by molar-refractivity contribution is 7.90. The quantitative estimate of drug-likeness (QED) is 0.632. The molecule has 2 N–H and O–H groups in total. The number of hydrogen-bond acceptors (Lipinski definition) is 5. The zero-order chi connectivity index (χ0) is 16.6. The first-order chi connectivity index (χ1) is 10.1. The first kappa shape index (κ1) is 17.6. The molecule has 22 heavy (non-hydrogen) atoms. The average molecular weight is 354 g/mol. The minimum Gasteiger partial charge on any atom is -0.481 e. The van der Waals surface area contributed by atoms with Crippen LogP contribution in [0.25, 0.3) is 0 Å². The molecular formula is C12H22N2O6S2. The highest BCUT2D eigenvalue weighted by Gasteiger charge is 2.56. The van der Waals surface area contributed by atoms with Crippen LogP contribution in [0.1, 0.15) is 26.2 Å². The Morgan fingerprint density at radius 3 is 2.59 bits per heavy atom. The van der Waals surface area contributed by atoms with Crippen molar-refractivity contribution in [2.24, 2.45) is 11.3 Å². The summed E-state index contributed by atoms with van der Waals surface area (Å²) in [5.74, 6) is -1.54. The number of nitrogens with zero attached hydrogens (tertiary/aromatic N) is 1. The van der Waals surface area contributed by atoms with E-state index in [1.54, 1.807) is 0 Å². The molecule has 1 heterocycles. The summed E-state index contributed by atoms with van der Waals surface area (Å²) >= 11 is 0. The van der Waals surface area contributed by atoms with E-state index in [0.717, 1.165) is 12.8 Å². The Morgan fingerprint density at radius 2 is 2.05 bits per heavy atom. The van der Waals surface area contributed by atoms with E-state index in [-0.39, 0.29) is 37.1 Å². The topological polar surface area (TPSA) is 121 Å². The van der Waals surface area contributed by atoms with Gasteiger partial charge < -0.3 is 5.11 Å². The van der Waals surface area contributed by atoms with Crippen LogP contribution in [-0.2, 0) is 24.8 Å². The number of rotatable bonds is 7. The van der Waals surface area contributed by atoms with Crippen molar-refractivity contribution in [3.63, 3.8) is 0 Å². The Balaban J connectivity index is 2.02. The summed E-state index contributed by atoms with van der Waals surface area (Å²) in [5, 5.41) is 9.46. The van der Waals surface area contributed by atoms with Gasteiger partial charge in [0.2, 0.25) is 20.0 Å². The molecule has 2 atom stereocenters. The lowest BCUT2D eigenvalue weighted by molar-refractivity contribution is -0.149. The molecule has 2 aliphatic rings. The van der Waals surface area contributed by atoms with Gasteiger partial charge in [-0.2, -0.15) is 0 Å². The Morgan fingerprint density at radius 1 is 1.36 bits per heavy atom. The van der Waals surface area contributed by atoms with Crippen molar-refractivity contribution in [2.45, 2.75) is 26.2 Å². The zero-order valence-corrected chi connectivity index (χ0v) is 14.1. The highest BCUT2D eigenvalue weighted by Crippen LogP contribution is 2.49. The molecule has 1 aliphatic heterocycles. The van der Waals surface area contributed by atoms with Crippen LogP contribution in [0, 0.1) is 11.3 Å². The molecule has 10 heteroatoms. The number of aliphatic carboxylic acids is 1. The van der Waals surface area contributed by atoms with Gasteiger partial charge in [0.25, 0.3) is 0 Å². The fourth-order valence-electron chi connectivity index (χ4n) is 3.36. The van der Waals surface area contributed by atoms with Gasteiger partial charge in [-0.25, -0.2) is 25.9 Å². The van der Waals surface area contributed by atoms with Gasteiger partial charge in [-0.15, -0.1) is 0 Å². The van der Waals surface area contributed by atoms with E-state index in [2.05, 4.69) is 4.72 Å². The largest absolute Gasteiger partial charge is 0.481 e. The molecule has 2 fully saturated rings. The molecule has 0 bridgehead atoms. The van der Waals surface area contributed by atoms with Gasteiger partial charge in [0.15, 0.2) is 0 Å². The van der Waals surface area contributed by atoms with E-state index in [4.69, 9.17) is 0 Å². The van der Waals surface area contributed by atoms with Crippen molar-refractivity contribution in [1.29, 1.82) is 0 Å². The van der Waals surface area contributed by atoms with Gasteiger partial charge >= 0.3 is 5.97 Å². The fourth-order valence-corrected chi connectivity index (χ4v) is 5.56. The van der Waals surface area contributed by atoms with Gasteiger partial charge in [0.05, 0.1) is 16.9 Å². The number of hydrogen-bond donors (Lipinski definition) is 2. The summed E-state index contributed by atoms with van der Waals surface area (Å²) in [6.45, 7) is 1.49. The van der Waals surface area contributed by atoms with Crippen LogP contribution in [0.5, 0.6) is 0 Å². The molecule has 0 amide bonds. The van der Waals surface area contributed by atoms with E-state index in [1.165, 1.54) is 11.2 Å². The smallest absolute Gasteiger partial charge is 0.311 e. The average Bonchev–Trinajstić information content (AvgIpc) is 2.95. The van der Waals surface area contributed by atoms with Crippen LogP contribution in [-0.4, -0.2) is 63.4 Å². The molecule has 2 rings (SSSR count). The van der Waals surface area contributed by atoms with E-state index >= 15 is 0 Å². The molecule has 0 aromatic heterocycles. The maximum absolute atomic E-state index is 12.3. The normalized spacial score (nSPS) is 29.6. The van der Waals surface area contributed by atoms with Crippen molar-refractivity contribution in [3.8, 4) is 0 Å². The second-order valence-electron chi connectivity index (χ2n) is 5.96. The molecule has 0 radical (unpaired) electrons. The molecule has 1 aliphatic carbocycles. The SMILES string of the molecule is CCS(=O)(=O)NCCS(=O)(=O)N1C[C@@H]2CCC[C@@]2(C(=O)O)C1. The maximum atomic E-state index is 12.3. The van der Waals surface area contributed by atoms with Gasteiger partial charge in [0.1, 0.15) is 0 Å². The molecular weight excluding hydrogens is 332 g/mol. The lowest BCUT2D eigenvalue weighted by Gasteiger charge is -2.23. The van der Waals surface area contributed by atoms with Crippen LogP contribution in [0.15, 0.2) is 0 Å². The van der Waals surface area contributed by atoms with E-state index in [0.29, 0.717) is 6.42 Å². The monoisotopic (exact) mass is 354 g/mol. The molecule has 1 saturated heterocycles. The van der Waals surface area contributed by atoms with E-state index in [9.17, 15) is 26.7 Å². The van der Waals surface area contributed by atoms with E-state index in [1.807, 2.05) is 0 Å². The van der Waals surface area contributed by atoms with Crippen LogP contribution in [0.4, 0.5) is 0 Å². The molecule has 0 unspecified atom stereocenters. The standard InChI is InChI=1S/C12H22N2O6S2/c1-2-21(17,18)13-6-7-22(19,20)14-8-10-4-3-5-12(10,9-14)11(15)16/h10,13H,2-9H2,1H3,(H,15,16)/t10-,12+/m0/s1. The van der Waals surface area contributed by atoms with Crippen LogP contribution in [0.2, 0.25) is 0 Å². The van der Waals surface area contributed by atoms with E-state index < -0.39 is 31.4 Å². The molecule has 0 spiro atoms. The molecule has 8 nitrogen and oxygen atoms in total. The number of carbonyl (C=O) groups is 1. The zero-order valence-electron chi connectivity index (χ0n) is 12.5. The molecule has 1 saturated carbocycles. The summed E-state index contributed by atoms with van der Waals surface area (Å²) < 4.78 is 50.7. The summed E-state index contributed by atoms with van der Waals surface area (Å²) in [5.41, 5.74) is -0.962. The van der Waals surface area contributed by atoms with Gasteiger partial charge in [-0.3, -0.25) is 4.79 Å². The summed E-state index contributed by atoms with van der Waals surface area (Å²) in [6, 6.07) is 0. The molecule has 0 aromatic carbocycles. The number of fused-ring (bicyclic) bond motifs is 1. The van der Waals surface area contributed by atoms with Crippen LogP contribution in [0.3, 0.4) is 0 Å². The maximum Gasteiger partial charge on any atom is 0.311 e. The lowest BCUT2D eigenvalue weighted by atomic mass is 9.81. The number of sulfonamides is 2. The third kappa shape index (κ3) is 3.29.